The molecule has 0 aromatic rings. The van der Waals surface area contributed by atoms with Crippen LogP contribution in [0.15, 0.2) is 0 Å². The van der Waals surface area contributed by atoms with Gasteiger partial charge in [0.25, 0.3) is 0 Å². The Labute approximate surface area is 114 Å². The van der Waals surface area contributed by atoms with Crippen LogP contribution in [-0.2, 0) is 19.1 Å². The number of ether oxygens (including phenoxy) is 2. The van der Waals surface area contributed by atoms with E-state index >= 15 is 0 Å². The molecular formula is C13H24N2O4. The van der Waals surface area contributed by atoms with Gasteiger partial charge in [-0.3, -0.25) is 4.79 Å². The zero-order valence-electron chi connectivity index (χ0n) is 11.8. The molecule has 0 aromatic heterocycles. The Morgan fingerprint density at radius 3 is 2.58 bits per heavy atom. The lowest BCUT2D eigenvalue weighted by Gasteiger charge is -2.20. The lowest BCUT2D eigenvalue weighted by molar-refractivity contribution is -0.147. The Morgan fingerprint density at radius 2 is 2.11 bits per heavy atom. The topological polar surface area (TPSA) is 90.7 Å². The van der Waals surface area contributed by atoms with Crippen LogP contribution >= 0.6 is 0 Å². The van der Waals surface area contributed by atoms with E-state index in [1.54, 1.807) is 0 Å². The van der Waals surface area contributed by atoms with Crippen LogP contribution < -0.4 is 11.1 Å². The monoisotopic (exact) mass is 272 g/mol. The van der Waals surface area contributed by atoms with Crippen molar-refractivity contribution in [2.75, 3.05) is 13.7 Å². The van der Waals surface area contributed by atoms with Gasteiger partial charge in [-0.1, -0.05) is 13.8 Å². The maximum absolute atomic E-state index is 12.0. The number of hydrogen-bond donors (Lipinski definition) is 2. The van der Waals surface area contributed by atoms with Crippen LogP contribution in [0.4, 0.5) is 0 Å². The third-order valence-electron chi connectivity index (χ3n) is 3.17. The molecule has 3 atom stereocenters. The van der Waals surface area contributed by atoms with Crippen molar-refractivity contribution >= 4 is 11.9 Å². The number of methoxy groups -OCH3 is 1. The van der Waals surface area contributed by atoms with Crippen LogP contribution in [-0.4, -0.2) is 43.8 Å². The summed E-state index contributed by atoms with van der Waals surface area (Å²) in [6.07, 6.45) is 1.40. The van der Waals surface area contributed by atoms with Gasteiger partial charge in [-0.25, -0.2) is 4.79 Å². The van der Waals surface area contributed by atoms with Gasteiger partial charge in [0.15, 0.2) is 0 Å². The van der Waals surface area contributed by atoms with Crippen LogP contribution in [0.5, 0.6) is 0 Å². The highest BCUT2D eigenvalue weighted by Crippen LogP contribution is 2.19. The maximum atomic E-state index is 12.0. The highest BCUT2D eigenvalue weighted by Gasteiger charge is 2.32. The molecule has 1 rings (SSSR count). The van der Waals surface area contributed by atoms with E-state index in [-0.39, 0.29) is 17.9 Å². The predicted octanol–water partition coefficient (Wildman–Crippen LogP) is 0.197. The van der Waals surface area contributed by atoms with Gasteiger partial charge >= 0.3 is 5.97 Å². The molecule has 0 bridgehead atoms. The molecule has 0 aliphatic carbocycles. The van der Waals surface area contributed by atoms with Gasteiger partial charge in [-0.2, -0.15) is 0 Å². The van der Waals surface area contributed by atoms with Crippen molar-refractivity contribution in [3.05, 3.63) is 0 Å². The summed E-state index contributed by atoms with van der Waals surface area (Å²) in [6, 6.07) is -0.613. The van der Waals surface area contributed by atoms with Crippen molar-refractivity contribution in [2.45, 2.75) is 51.4 Å². The average Bonchev–Trinajstić information content (AvgIpc) is 2.85. The molecular weight excluding hydrogens is 248 g/mol. The van der Waals surface area contributed by atoms with Gasteiger partial charge in [0.05, 0.1) is 13.2 Å². The Hall–Kier alpha value is -1.14. The fourth-order valence-electron chi connectivity index (χ4n) is 2.16. The van der Waals surface area contributed by atoms with E-state index in [1.807, 2.05) is 13.8 Å². The van der Waals surface area contributed by atoms with E-state index in [2.05, 4.69) is 5.32 Å². The standard InChI is InChI=1S/C13H24N2O4/c1-8(2)6-10(13(17)18-3)15-12(16)11-5-4-9(7-14)19-11/h8-11H,4-7,14H2,1-3H3,(H,15,16)/t9?,10-,11?/m0/s1. The van der Waals surface area contributed by atoms with Crippen LogP contribution in [0.25, 0.3) is 0 Å². The summed E-state index contributed by atoms with van der Waals surface area (Å²) in [6.45, 7) is 4.38. The molecule has 110 valence electrons. The second-order valence-corrected chi connectivity index (χ2v) is 5.27. The molecule has 2 unspecified atom stereocenters. The highest BCUT2D eigenvalue weighted by molar-refractivity contribution is 5.87. The molecule has 1 aliphatic rings. The number of rotatable bonds is 6. The SMILES string of the molecule is COC(=O)[C@H](CC(C)C)NC(=O)C1CCC(CN)O1. The number of nitrogens with two attached hydrogens (primary N) is 1. The smallest absolute Gasteiger partial charge is 0.328 e. The molecule has 1 heterocycles. The number of nitrogens with one attached hydrogen (secondary N) is 1. The normalized spacial score (nSPS) is 24.3. The first-order valence-electron chi connectivity index (χ1n) is 6.71. The third-order valence-corrected chi connectivity index (χ3v) is 3.17. The van der Waals surface area contributed by atoms with Crippen molar-refractivity contribution in [2.24, 2.45) is 11.7 Å². The number of esters is 1. The van der Waals surface area contributed by atoms with Gasteiger partial charge in [0.1, 0.15) is 12.1 Å². The summed E-state index contributed by atoms with van der Waals surface area (Å²) in [4.78, 5) is 23.7. The van der Waals surface area contributed by atoms with E-state index in [1.165, 1.54) is 7.11 Å². The zero-order valence-corrected chi connectivity index (χ0v) is 11.8. The quantitative estimate of drug-likeness (QED) is 0.674. The van der Waals surface area contributed by atoms with E-state index in [0.29, 0.717) is 19.4 Å². The van der Waals surface area contributed by atoms with Gasteiger partial charge < -0.3 is 20.5 Å². The summed E-state index contributed by atoms with van der Waals surface area (Å²) in [5, 5.41) is 2.71. The first-order valence-corrected chi connectivity index (χ1v) is 6.71. The molecule has 1 amide bonds. The first kappa shape index (κ1) is 15.9. The number of carbonyl (C=O) groups excluding carboxylic acids is 2. The minimum atomic E-state index is -0.613. The predicted molar refractivity (Wildman–Crippen MR) is 70.4 cm³/mol. The first-order chi connectivity index (χ1) is 8.97. The second-order valence-electron chi connectivity index (χ2n) is 5.27. The van der Waals surface area contributed by atoms with Gasteiger partial charge in [-0.15, -0.1) is 0 Å². The number of carbonyl (C=O) groups is 2. The molecule has 0 aromatic carbocycles. The second kappa shape index (κ2) is 7.45. The zero-order chi connectivity index (χ0) is 14.4. The maximum Gasteiger partial charge on any atom is 0.328 e. The third kappa shape index (κ3) is 4.80. The molecule has 3 N–H and O–H groups in total. The molecule has 1 fully saturated rings. The Kier molecular flexibility index (Phi) is 6.24. The van der Waals surface area contributed by atoms with E-state index in [9.17, 15) is 9.59 Å². The lowest BCUT2D eigenvalue weighted by Crippen LogP contribution is -2.46. The molecule has 19 heavy (non-hydrogen) atoms. The molecule has 1 saturated heterocycles. The molecule has 6 nitrogen and oxygen atoms in total. The van der Waals surface area contributed by atoms with Crippen LogP contribution in [0, 0.1) is 5.92 Å². The minimum absolute atomic E-state index is 0.0579. The lowest BCUT2D eigenvalue weighted by atomic mass is 10.0. The van der Waals surface area contributed by atoms with Crippen molar-refractivity contribution in [3.8, 4) is 0 Å². The van der Waals surface area contributed by atoms with Crippen molar-refractivity contribution in [3.63, 3.8) is 0 Å². The largest absolute Gasteiger partial charge is 0.467 e. The Bertz CT molecular complexity index is 320. The Morgan fingerprint density at radius 1 is 1.42 bits per heavy atom. The van der Waals surface area contributed by atoms with Crippen molar-refractivity contribution < 1.29 is 19.1 Å². The summed E-state index contributed by atoms with van der Waals surface area (Å²) in [5.41, 5.74) is 5.50. The fraction of sp³-hybridized carbons (Fsp3) is 0.846. The summed E-state index contributed by atoms with van der Waals surface area (Å²) in [7, 11) is 1.32. The molecule has 0 spiro atoms. The van der Waals surface area contributed by atoms with Gasteiger partial charge in [-0.05, 0) is 25.2 Å². The van der Waals surface area contributed by atoms with E-state index in [4.69, 9.17) is 15.2 Å². The number of hydrogen-bond acceptors (Lipinski definition) is 5. The fourth-order valence-corrected chi connectivity index (χ4v) is 2.16. The molecule has 0 radical (unpaired) electrons. The highest BCUT2D eigenvalue weighted by atomic mass is 16.5. The summed E-state index contributed by atoms with van der Waals surface area (Å²) < 4.78 is 10.2. The molecule has 6 heteroatoms. The molecule has 0 saturated carbocycles. The number of amides is 1. The minimum Gasteiger partial charge on any atom is -0.467 e. The van der Waals surface area contributed by atoms with Crippen LogP contribution in [0.2, 0.25) is 0 Å². The summed E-state index contributed by atoms with van der Waals surface area (Å²) >= 11 is 0. The molecule has 1 aliphatic heterocycles. The Balaban J connectivity index is 2.53. The van der Waals surface area contributed by atoms with E-state index in [0.717, 1.165) is 6.42 Å². The van der Waals surface area contributed by atoms with Crippen molar-refractivity contribution in [1.82, 2.24) is 5.32 Å². The van der Waals surface area contributed by atoms with Crippen molar-refractivity contribution in [1.29, 1.82) is 0 Å². The van der Waals surface area contributed by atoms with E-state index < -0.39 is 18.1 Å². The van der Waals surface area contributed by atoms with Crippen LogP contribution in [0.1, 0.15) is 33.1 Å². The van der Waals surface area contributed by atoms with Gasteiger partial charge in [0, 0.05) is 6.54 Å². The summed E-state index contributed by atoms with van der Waals surface area (Å²) in [5.74, 6) is -0.395. The average molecular weight is 272 g/mol. The van der Waals surface area contributed by atoms with Crippen LogP contribution in [0.3, 0.4) is 0 Å². The van der Waals surface area contributed by atoms with Gasteiger partial charge in [0.2, 0.25) is 5.91 Å².